The number of aryl methyl sites for hydroxylation is 2. The summed E-state index contributed by atoms with van der Waals surface area (Å²) < 4.78 is 0. The van der Waals surface area contributed by atoms with Crippen LogP contribution in [0.5, 0.6) is 0 Å². The first kappa shape index (κ1) is 12.9. The minimum Gasteiger partial charge on any atom is -0.342 e. The van der Waals surface area contributed by atoms with E-state index in [-0.39, 0.29) is 0 Å². The van der Waals surface area contributed by atoms with E-state index in [2.05, 4.69) is 52.4 Å². The zero-order valence-corrected chi connectivity index (χ0v) is 11.5. The number of rotatable bonds is 5. The minimum atomic E-state index is 0.681. The Labute approximate surface area is 118 Å². The molecule has 20 heavy (non-hydrogen) atoms. The van der Waals surface area contributed by atoms with Gasteiger partial charge < -0.3 is 10.7 Å². The molecule has 3 heteroatoms. The molecule has 0 aliphatic heterocycles. The number of nitrogens with two attached hydrogens (primary N) is 1. The van der Waals surface area contributed by atoms with Crippen molar-refractivity contribution in [3.63, 3.8) is 0 Å². The van der Waals surface area contributed by atoms with Crippen LogP contribution in [0.4, 0.5) is 0 Å². The van der Waals surface area contributed by atoms with Gasteiger partial charge in [-0.05, 0) is 42.6 Å². The fourth-order valence-electron chi connectivity index (χ4n) is 2.46. The van der Waals surface area contributed by atoms with Crippen molar-refractivity contribution in [1.29, 1.82) is 0 Å². The molecule has 0 amide bonds. The van der Waals surface area contributed by atoms with Gasteiger partial charge in [0.2, 0.25) is 0 Å². The summed E-state index contributed by atoms with van der Waals surface area (Å²) in [4.78, 5) is 8.05. The van der Waals surface area contributed by atoms with E-state index < -0.39 is 0 Å². The summed E-state index contributed by atoms with van der Waals surface area (Å²) in [5, 5.41) is 0. The molecule has 3 rings (SSSR count). The summed E-state index contributed by atoms with van der Waals surface area (Å²) in [7, 11) is 0. The van der Waals surface area contributed by atoms with E-state index in [1.165, 1.54) is 11.1 Å². The molecule has 102 valence electrons. The molecule has 0 radical (unpaired) electrons. The van der Waals surface area contributed by atoms with Crippen LogP contribution in [0, 0.1) is 0 Å². The van der Waals surface area contributed by atoms with Gasteiger partial charge in [0.1, 0.15) is 5.82 Å². The maximum absolute atomic E-state index is 5.60. The van der Waals surface area contributed by atoms with Crippen LogP contribution in [0.2, 0.25) is 0 Å². The number of hydrogen-bond acceptors (Lipinski definition) is 2. The Balaban J connectivity index is 1.75. The zero-order valence-electron chi connectivity index (χ0n) is 11.5. The molecule has 0 bridgehead atoms. The molecule has 0 aliphatic rings. The first-order chi connectivity index (χ1) is 9.85. The van der Waals surface area contributed by atoms with E-state index in [0.717, 1.165) is 36.1 Å². The third-order valence-electron chi connectivity index (χ3n) is 3.52. The molecule has 3 aromatic rings. The standard InChI is InChI=1S/C17H19N3/c18-11-10-14-6-8-15-16(12-14)20-17(19-15)9-7-13-4-2-1-3-5-13/h1-6,8,12H,7,9-11,18H2,(H,19,20). The average molecular weight is 265 g/mol. The Hall–Kier alpha value is -2.13. The van der Waals surface area contributed by atoms with E-state index in [1.54, 1.807) is 0 Å². The predicted molar refractivity (Wildman–Crippen MR) is 82.7 cm³/mol. The number of benzene rings is 2. The Kier molecular flexibility index (Phi) is 3.79. The Morgan fingerprint density at radius 3 is 2.55 bits per heavy atom. The molecule has 0 aliphatic carbocycles. The largest absolute Gasteiger partial charge is 0.342 e. The number of H-pyrrole nitrogens is 1. The monoisotopic (exact) mass is 265 g/mol. The topological polar surface area (TPSA) is 54.7 Å². The lowest BCUT2D eigenvalue weighted by atomic mass is 10.1. The maximum atomic E-state index is 5.60. The van der Waals surface area contributed by atoms with Gasteiger partial charge in [0.15, 0.2) is 0 Å². The van der Waals surface area contributed by atoms with Gasteiger partial charge in [-0.25, -0.2) is 4.98 Å². The highest BCUT2D eigenvalue weighted by Crippen LogP contribution is 2.15. The number of aromatic nitrogens is 2. The molecule has 0 atom stereocenters. The predicted octanol–water partition coefficient (Wildman–Crippen LogP) is 2.85. The highest BCUT2D eigenvalue weighted by atomic mass is 14.9. The molecule has 0 saturated carbocycles. The van der Waals surface area contributed by atoms with Crippen molar-refractivity contribution < 1.29 is 0 Å². The van der Waals surface area contributed by atoms with E-state index >= 15 is 0 Å². The Morgan fingerprint density at radius 2 is 1.75 bits per heavy atom. The van der Waals surface area contributed by atoms with Gasteiger partial charge in [0, 0.05) is 6.42 Å². The van der Waals surface area contributed by atoms with E-state index in [9.17, 15) is 0 Å². The normalized spacial score (nSPS) is 11.1. The third kappa shape index (κ3) is 2.89. The van der Waals surface area contributed by atoms with Crippen LogP contribution in [0.1, 0.15) is 17.0 Å². The van der Waals surface area contributed by atoms with Gasteiger partial charge in [-0.2, -0.15) is 0 Å². The quantitative estimate of drug-likeness (QED) is 0.745. The second kappa shape index (κ2) is 5.88. The molecule has 0 saturated heterocycles. The van der Waals surface area contributed by atoms with Crippen LogP contribution in [0.3, 0.4) is 0 Å². The molecule has 0 fully saturated rings. The van der Waals surface area contributed by atoms with Crippen molar-refractivity contribution in [1.82, 2.24) is 9.97 Å². The molecule has 0 spiro atoms. The van der Waals surface area contributed by atoms with Gasteiger partial charge >= 0.3 is 0 Å². The lowest BCUT2D eigenvalue weighted by molar-refractivity contribution is 0.890. The van der Waals surface area contributed by atoms with Crippen molar-refractivity contribution in [3.8, 4) is 0 Å². The third-order valence-corrected chi connectivity index (χ3v) is 3.52. The summed E-state index contributed by atoms with van der Waals surface area (Å²) in [5.41, 5.74) is 10.3. The molecule has 2 aromatic carbocycles. The number of aromatic amines is 1. The molecule has 0 unspecified atom stereocenters. The summed E-state index contributed by atoms with van der Waals surface area (Å²) in [5.74, 6) is 1.05. The van der Waals surface area contributed by atoms with E-state index in [1.807, 2.05) is 6.07 Å². The van der Waals surface area contributed by atoms with E-state index in [0.29, 0.717) is 6.54 Å². The van der Waals surface area contributed by atoms with Crippen molar-refractivity contribution in [2.24, 2.45) is 5.73 Å². The van der Waals surface area contributed by atoms with Crippen LogP contribution >= 0.6 is 0 Å². The SMILES string of the molecule is NCCc1ccc2nc(CCc3ccccc3)[nH]c2c1. The van der Waals surface area contributed by atoms with Crippen molar-refractivity contribution in [3.05, 3.63) is 65.5 Å². The summed E-state index contributed by atoms with van der Waals surface area (Å²) in [6, 6.07) is 16.8. The number of hydrogen-bond donors (Lipinski definition) is 2. The van der Waals surface area contributed by atoms with E-state index in [4.69, 9.17) is 5.73 Å². The first-order valence-corrected chi connectivity index (χ1v) is 7.06. The van der Waals surface area contributed by atoms with Crippen molar-refractivity contribution in [2.45, 2.75) is 19.3 Å². The van der Waals surface area contributed by atoms with Crippen molar-refractivity contribution >= 4 is 11.0 Å². The van der Waals surface area contributed by atoms with Gasteiger partial charge in [-0.15, -0.1) is 0 Å². The average Bonchev–Trinajstić information content (AvgIpc) is 2.89. The Morgan fingerprint density at radius 1 is 0.900 bits per heavy atom. The fourth-order valence-corrected chi connectivity index (χ4v) is 2.46. The summed E-state index contributed by atoms with van der Waals surface area (Å²) in [6.45, 7) is 0.681. The van der Waals surface area contributed by atoms with Crippen LogP contribution in [-0.4, -0.2) is 16.5 Å². The number of nitrogens with zero attached hydrogens (tertiary/aromatic N) is 1. The highest BCUT2D eigenvalue weighted by Gasteiger charge is 2.04. The van der Waals surface area contributed by atoms with Crippen molar-refractivity contribution in [2.75, 3.05) is 6.54 Å². The fraction of sp³-hybridized carbons (Fsp3) is 0.235. The lowest BCUT2D eigenvalue weighted by Crippen LogP contribution is -2.02. The van der Waals surface area contributed by atoms with Crippen LogP contribution < -0.4 is 5.73 Å². The molecular formula is C17H19N3. The summed E-state index contributed by atoms with van der Waals surface area (Å²) >= 11 is 0. The van der Waals surface area contributed by atoms with Gasteiger partial charge in [0.25, 0.3) is 0 Å². The van der Waals surface area contributed by atoms with Crippen LogP contribution in [-0.2, 0) is 19.3 Å². The smallest absolute Gasteiger partial charge is 0.107 e. The van der Waals surface area contributed by atoms with Gasteiger partial charge in [-0.3, -0.25) is 0 Å². The molecular weight excluding hydrogens is 246 g/mol. The molecule has 1 aromatic heterocycles. The highest BCUT2D eigenvalue weighted by molar-refractivity contribution is 5.75. The molecule has 3 N–H and O–H groups in total. The summed E-state index contributed by atoms with van der Waals surface area (Å²) in [6.07, 6.45) is 2.86. The number of fused-ring (bicyclic) bond motifs is 1. The minimum absolute atomic E-state index is 0.681. The zero-order chi connectivity index (χ0) is 13.8. The Bertz CT molecular complexity index is 686. The molecule has 1 heterocycles. The lowest BCUT2D eigenvalue weighted by Gasteiger charge is -1.98. The van der Waals surface area contributed by atoms with Gasteiger partial charge in [0.05, 0.1) is 11.0 Å². The van der Waals surface area contributed by atoms with Crippen LogP contribution in [0.15, 0.2) is 48.5 Å². The second-order valence-electron chi connectivity index (χ2n) is 5.06. The first-order valence-electron chi connectivity index (χ1n) is 7.06. The number of imidazole rings is 1. The number of nitrogens with one attached hydrogen (secondary N) is 1. The van der Waals surface area contributed by atoms with Crippen LogP contribution in [0.25, 0.3) is 11.0 Å². The van der Waals surface area contributed by atoms with Gasteiger partial charge in [-0.1, -0.05) is 36.4 Å². The maximum Gasteiger partial charge on any atom is 0.107 e. The molecule has 3 nitrogen and oxygen atoms in total. The second-order valence-corrected chi connectivity index (χ2v) is 5.06.